The van der Waals surface area contributed by atoms with Gasteiger partial charge in [-0.25, -0.2) is 0 Å². The van der Waals surface area contributed by atoms with E-state index < -0.39 is 11.7 Å². The van der Waals surface area contributed by atoms with E-state index in [1.165, 1.54) is 12.1 Å². The summed E-state index contributed by atoms with van der Waals surface area (Å²) in [6.45, 7) is 2.18. The van der Waals surface area contributed by atoms with Crippen molar-refractivity contribution >= 4 is 16.9 Å². The standard InChI is InChI=1S/C20H22F3NO2/c1-2-26-19(25)11-13-3-5-14(6-4-13)16-9-10-24-18-8-7-15(12-17(16)18)20(21,22)23/h7-10,12-14H,2-6,11H2,1H3/t13-,14+. The number of halogens is 3. The Kier molecular flexibility index (Phi) is 5.49. The van der Waals surface area contributed by atoms with Gasteiger partial charge >= 0.3 is 12.1 Å². The highest BCUT2D eigenvalue weighted by molar-refractivity contribution is 5.83. The fourth-order valence-corrected chi connectivity index (χ4v) is 3.83. The zero-order valence-corrected chi connectivity index (χ0v) is 14.7. The fraction of sp³-hybridized carbons (Fsp3) is 0.500. The summed E-state index contributed by atoms with van der Waals surface area (Å²) in [6, 6.07) is 5.56. The average Bonchev–Trinajstić information content (AvgIpc) is 2.61. The summed E-state index contributed by atoms with van der Waals surface area (Å²) >= 11 is 0. The first-order valence-corrected chi connectivity index (χ1v) is 9.00. The first-order valence-electron chi connectivity index (χ1n) is 9.00. The minimum absolute atomic E-state index is 0.167. The van der Waals surface area contributed by atoms with E-state index in [-0.39, 0.29) is 11.9 Å². The lowest BCUT2D eigenvalue weighted by Crippen LogP contribution is -2.18. The van der Waals surface area contributed by atoms with Crippen molar-refractivity contribution in [2.75, 3.05) is 6.61 Å². The van der Waals surface area contributed by atoms with Crippen molar-refractivity contribution in [1.82, 2.24) is 4.98 Å². The van der Waals surface area contributed by atoms with Gasteiger partial charge in [-0.1, -0.05) is 0 Å². The highest BCUT2D eigenvalue weighted by atomic mass is 19.4. The van der Waals surface area contributed by atoms with Gasteiger partial charge in [0.1, 0.15) is 0 Å². The second-order valence-electron chi connectivity index (χ2n) is 6.86. The van der Waals surface area contributed by atoms with Gasteiger partial charge in [0.2, 0.25) is 0 Å². The number of carbonyl (C=O) groups excluding carboxylic acids is 1. The number of benzene rings is 1. The van der Waals surface area contributed by atoms with Crippen LogP contribution in [0.15, 0.2) is 30.5 Å². The van der Waals surface area contributed by atoms with Crippen LogP contribution in [-0.2, 0) is 15.7 Å². The smallest absolute Gasteiger partial charge is 0.416 e. The first kappa shape index (κ1) is 18.7. The molecule has 0 amide bonds. The van der Waals surface area contributed by atoms with Gasteiger partial charge in [0.05, 0.1) is 17.7 Å². The van der Waals surface area contributed by atoms with Gasteiger partial charge in [-0.15, -0.1) is 0 Å². The van der Waals surface area contributed by atoms with Crippen LogP contribution >= 0.6 is 0 Å². The molecule has 140 valence electrons. The van der Waals surface area contributed by atoms with Crippen LogP contribution in [0.5, 0.6) is 0 Å². The number of nitrogens with zero attached hydrogens (tertiary/aromatic N) is 1. The number of carbonyl (C=O) groups is 1. The van der Waals surface area contributed by atoms with Gasteiger partial charge in [-0.05, 0) is 74.3 Å². The van der Waals surface area contributed by atoms with Crippen LogP contribution in [0.25, 0.3) is 10.9 Å². The number of fused-ring (bicyclic) bond motifs is 1. The number of pyridine rings is 1. The minimum atomic E-state index is -4.36. The number of alkyl halides is 3. The summed E-state index contributed by atoms with van der Waals surface area (Å²) in [6.07, 6.45) is 1.21. The maximum absolute atomic E-state index is 13.1. The van der Waals surface area contributed by atoms with Crippen LogP contribution in [0.1, 0.15) is 56.1 Å². The predicted molar refractivity (Wildman–Crippen MR) is 92.7 cm³/mol. The summed E-state index contributed by atoms with van der Waals surface area (Å²) in [7, 11) is 0. The van der Waals surface area contributed by atoms with Gasteiger partial charge in [-0.2, -0.15) is 13.2 Å². The Morgan fingerprint density at radius 3 is 2.58 bits per heavy atom. The Hall–Kier alpha value is -2.11. The second-order valence-corrected chi connectivity index (χ2v) is 6.86. The number of ether oxygens (including phenoxy) is 1. The molecular formula is C20H22F3NO2. The maximum Gasteiger partial charge on any atom is 0.416 e. The lowest BCUT2D eigenvalue weighted by Gasteiger charge is -2.29. The molecule has 0 aliphatic heterocycles. The summed E-state index contributed by atoms with van der Waals surface area (Å²) in [4.78, 5) is 15.8. The first-order chi connectivity index (χ1) is 12.4. The third-order valence-electron chi connectivity index (χ3n) is 5.15. The molecule has 0 radical (unpaired) electrons. The molecule has 1 saturated carbocycles. The molecule has 1 aromatic heterocycles. The molecule has 1 aliphatic carbocycles. The number of esters is 1. The molecule has 0 N–H and O–H groups in total. The van der Waals surface area contributed by atoms with E-state index in [2.05, 4.69) is 4.98 Å². The van der Waals surface area contributed by atoms with Gasteiger partial charge < -0.3 is 4.74 Å². The van der Waals surface area contributed by atoms with Crippen molar-refractivity contribution in [3.05, 3.63) is 41.6 Å². The van der Waals surface area contributed by atoms with Crippen LogP contribution in [0.3, 0.4) is 0 Å². The van der Waals surface area contributed by atoms with Crippen LogP contribution < -0.4 is 0 Å². The molecule has 0 unspecified atom stereocenters. The summed E-state index contributed by atoms with van der Waals surface area (Å²) in [5.41, 5.74) is 0.870. The van der Waals surface area contributed by atoms with Crippen molar-refractivity contribution in [2.24, 2.45) is 5.92 Å². The molecule has 1 aliphatic rings. The second kappa shape index (κ2) is 7.64. The van der Waals surface area contributed by atoms with E-state index in [1.54, 1.807) is 13.1 Å². The SMILES string of the molecule is CCOC(=O)C[C@H]1CC[C@@H](c2ccnc3ccc(C(F)(F)F)cc32)CC1. The lowest BCUT2D eigenvalue weighted by atomic mass is 9.77. The van der Waals surface area contributed by atoms with Crippen molar-refractivity contribution < 1.29 is 22.7 Å². The molecule has 3 rings (SSSR count). The average molecular weight is 365 g/mol. The van der Waals surface area contributed by atoms with Gasteiger partial charge in [0, 0.05) is 18.0 Å². The topological polar surface area (TPSA) is 39.2 Å². The molecule has 6 heteroatoms. The highest BCUT2D eigenvalue weighted by Crippen LogP contribution is 2.40. The molecule has 1 heterocycles. The largest absolute Gasteiger partial charge is 0.466 e. The molecular weight excluding hydrogens is 343 g/mol. The van der Waals surface area contributed by atoms with Gasteiger partial charge in [0.15, 0.2) is 0 Å². The van der Waals surface area contributed by atoms with E-state index >= 15 is 0 Å². The summed E-state index contributed by atoms with van der Waals surface area (Å²) in [5, 5.41) is 0.580. The zero-order valence-electron chi connectivity index (χ0n) is 14.7. The molecule has 1 aromatic carbocycles. The number of rotatable bonds is 4. The van der Waals surface area contributed by atoms with Gasteiger partial charge in [-0.3, -0.25) is 9.78 Å². The third kappa shape index (κ3) is 4.17. The van der Waals surface area contributed by atoms with Crippen LogP contribution in [0.2, 0.25) is 0 Å². The van der Waals surface area contributed by atoms with Crippen molar-refractivity contribution in [3.63, 3.8) is 0 Å². The van der Waals surface area contributed by atoms with E-state index in [4.69, 9.17) is 4.74 Å². The van der Waals surface area contributed by atoms with E-state index in [0.717, 1.165) is 37.3 Å². The Labute approximate surface area is 150 Å². The Balaban J connectivity index is 1.78. The maximum atomic E-state index is 13.1. The molecule has 0 saturated heterocycles. The molecule has 3 nitrogen and oxygen atoms in total. The van der Waals surface area contributed by atoms with E-state index in [0.29, 0.717) is 29.8 Å². The normalized spacial score (nSPS) is 20.9. The number of hydrogen-bond donors (Lipinski definition) is 0. The molecule has 26 heavy (non-hydrogen) atoms. The monoisotopic (exact) mass is 365 g/mol. The summed E-state index contributed by atoms with van der Waals surface area (Å²) in [5.74, 6) is 0.326. The summed E-state index contributed by atoms with van der Waals surface area (Å²) < 4.78 is 44.2. The Morgan fingerprint density at radius 1 is 1.19 bits per heavy atom. The van der Waals surface area contributed by atoms with Crippen molar-refractivity contribution in [1.29, 1.82) is 0 Å². The lowest BCUT2D eigenvalue weighted by molar-refractivity contribution is -0.144. The van der Waals surface area contributed by atoms with E-state index in [9.17, 15) is 18.0 Å². The fourth-order valence-electron chi connectivity index (χ4n) is 3.83. The Morgan fingerprint density at radius 2 is 1.92 bits per heavy atom. The quantitative estimate of drug-likeness (QED) is 0.674. The van der Waals surface area contributed by atoms with Gasteiger partial charge in [0.25, 0.3) is 0 Å². The molecule has 1 fully saturated rings. The molecule has 0 atom stereocenters. The molecule has 0 spiro atoms. The minimum Gasteiger partial charge on any atom is -0.466 e. The predicted octanol–water partition coefficient (Wildman–Crippen LogP) is 5.48. The molecule has 2 aromatic rings. The van der Waals surface area contributed by atoms with E-state index in [1.807, 2.05) is 6.07 Å². The zero-order chi connectivity index (χ0) is 18.7. The van der Waals surface area contributed by atoms with Crippen LogP contribution in [-0.4, -0.2) is 17.6 Å². The number of hydrogen-bond acceptors (Lipinski definition) is 3. The third-order valence-corrected chi connectivity index (χ3v) is 5.15. The van der Waals surface area contributed by atoms with Crippen molar-refractivity contribution in [3.8, 4) is 0 Å². The van der Waals surface area contributed by atoms with Crippen LogP contribution in [0, 0.1) is 5.92 Å². The van der Waals surface area contributed by atoms with Crippen LogP contribution in [0.4, 0.5) is 13.2 Å². The Bertz CT molecular complexity index is 780. The molecule has 0 bridgehead atoms. The van der Waals surface area contributed by atoms with Crippen molar-refractivity contribution in [2.45, 2.75) is 51.1 Å². The highest BCUT2D eigenvalue weighted by Gasteiger charge is 2.31. The number of aromatic nitrogens is 1.